The normalized spacial score (nSPS) is 11.9. The van der Waals surface area contributed by atoms with E-state index >= 15 is 0 Å². The van der Waals surface area contributed by atoms with Gasteiger partial charge < -0.3 is 30.6 Å². The van der Waals surface area contributed by atoms with Gasteiger partial charge in [0.15, 0.2) is 18.9 Å². The highest BCUT2D eigenvalue weighted by molar-refractivity contribution is 4.80. The van der Waals surface area contributed by atoms with Gasteiger partial charge in [-0.2, -0.15) is 0 Å². The Morgan fingerprint density at radius 1 is 0.571 bits per heavy atom. The topological polar surface area (TPSA) is 187 Å². The predicted molar refractivity (Wildman–Crippen MR) is 63.9 cm³/mol. The number of aliphatic hydroxyl groups is 6. The largest absolute Gasteiger partial charge is 0.367 e. The average Bonchev–Trinajstić information content (AvgIpc) is 2.35. The fourth-order valence-corrected chi connectivity index (χ4v) is 1.64. The fourth-order valence-electron chi connectivity index (χ4n) is 1.64. The summed E-state index contributed by atoms with van der Waals surface area (Å²) in [4.78, 5) is 35.6. The molecule has 0 fully saturated rings. The number of aliphatic hydroxyl groups excluding tert-OH is 3. The molecule has 0 bridgehead atoms. The van der Waals surface area contributed by atoms with Crippen molar-refractivity contribution in [1.29, 1.82) is 0 Å². The summed E-state index contributed by atoms with van der Waals surface area (Å²) >= 11 is 0. The molecule has 0 saturated carbocycles. The molecule has 0 aliphatic heterocycles. The van der Waals surface area contributed by atoms with Crippen LogP contribution in [0.5, 0.6) is 0 Å². The Morgan fingerprint density at radius 2 is 0.762 bits per heavy atom. The quantitative estimate of drug-likeness (QED) is 0.278. The minimum atomic E-state index is -2.09. The standard InChI is InChI=1S/C9H15N3O9/c13-4(14)1-10-7(19)11(2-5(15)16)9(21)12(8(10)20)3-6(17)18/h4-6,13-18H,1-3H2. The van der Waals surface area contributed by atoms with Crippen molar-refractivity contribution in [3.63, 3.8) is 0 Å². The van der Waals surface area contributed by atoms with Crippen molar-refractivity contribution < 1.29 is 30.6 Å². The van der Waals surface area contributed by atoms with Gasteiger partial charge in [0, 0.05) is 0 Å². The van der Waals surface area contributed by atoms with Crippen molar-refractivity contribution in [1.82, 2.24) is 13.7 Å². The van der Waals surface area contributed by atoms with Gasteiger partial charge in [0.2, 0.25) is 0 Å². The molecule has 0 atom stereocenters. The lowest BCUT2D eigenvalue weighted by molar-refractivity contribution is -0.0625. The number of rotatable bonds is 6. The number of aromatic nitrogens is 3. The minimum absolute atomic E-state index is 0.247. The maximum atomic E-state index is 11.9. The molecule has 1 aromatic rings. The van der Waals surface area contributed by atoms with Crippen molar-refractivity contribution in [2.24, 2.45) is 0 Å². The van der Waals surface area contributed by atoms with Crippen LogP contribution in [0.25, 0.3) is 0 Å². The zero-order chi connectivity index (χ0) is 16.3. The Bertz CT molecular complexity index is 533. The lowest BCUT2D eigenvalue weighted by Gasteiger charge is -2.15. The molecule has 1 rings (SSSR count). The lowest BCUT2D eigenvalue weighted by atomic mass is 10.5. The maximum Gasteiger partial charge on any atom is 0.336 e. The Labute approximate surface area is 115 Å². The van der Waals surface area contributed by atoms with Crippen LogP contribution in [0.4, 0.5) is 0 Å². The van der Waals surface area contributed by atoms with Crippen LogP contribution in [-0.2, 0) is 19.6 Å². The Kier molecular flexibility index (Phi) is 5.54. The van der Waals surface area contributed by atoms with Crippen LogP contribution >= 0.6 is 0 Å². The highest BCUT2D eigenvalue weighted by Gasteiger charge is 2.19. The molecule has 0 aromatic carbocycles. The van der Waals surface area contributed by atoms with Gasteiger partial charge in [-0.25, -0.2) is 28.1 Å². The third kappa shape index (κ3) is 4.07. The summed E-state index contributed by atoms with van der Waals surface area (Å²) in [6.45, 7) is -2.66. The number of nitrogens with zero attached hydrogens (tertiary/aromatic N) is 3. The molecule has 0 unspecified atom stereocenters. The monoisotopic (exact) mass is 309 g/mol. The van der Waals surface area contributed by atoms with Gasteiger partial charge in [-0.3, -0.25) is 0 Å². The van der Waals surface area contributed by atoms with E-state index in [-0.39, 0.29) is 13.7 Å². The fraction of sp³-hybridized carbons (Fsp3) is 0.667. The molecule has 6 N–H and O–H groups in total. The number of hydrogen-bond donors (Lipinski definition) is 6. The summed E-state index contributed by atoms with van der Waals surface area (Å²) in [5.41, 5.74) is -3.89. The predicted octanol–water partition coefficient (Wildman–Crippen LogP) is -5.90. The van der Waals surface area contributed by atoms with Crippen LogP contribution in [0.3, 0.4) is 0 Å². The van der Waals surface area contributed by atoms with Gasteiger partial charge in [-0.15, -0.1) is 0 Å². The van der Waals surface area contributed by atoms with E-state index in [9.17, 15) is 14.4 Å². The zero-order valence-corrected chi connectivity index (χ0v) is 10.6. The summed E-state index contributed by atoms with van der Waals surface area (Å²) in [5, 5.41) is 53.0. The van der Waals surface area contributed by atoms with E-state index < -0.39 is 55.6 Å². The highest BCUT2D eigenvalue weighted by atomic mass is 16.5. The summed E-state index contributed by atoms with van der Waals surface area (Å²) in [5.74, 6) is 0. The summed E-state index contributed by atoms with van der Waals surface area (Å²) < 4.78 is 0.741. The molecule has 21 heavy (non-hydrogen) atoms. The molecule has 1 heterocycles. The van der Waals surface area contributed by atoms with Crippen molar-refractivity contribution in [2.45, 2.75) is 38.5 Å². The van der Waals surface area contributed by atoms with Gasteiger partial charge in [-0.05, 0) is 0 Å². The molecule has 0 saturated heterocycles. The maximum absolute atomic E-state index is 11.9. The smallest absolute Gasteiger partial charge is 0.336 e. The van der Waals surface area contributed by atoms with E-state index in [4.69, 9.17) is 30.6 Å². The first kappa shape index (κ1) is 17.2. The van der Waals surface area contributed by atoms with E-state index in [1.807, 2.05) is 0 Å². The first-order valence-electron chi connectivity index (χ1n) is 5.68. The van der Waals surface area contributed by atoms with Crippen LogP contribution < -0.4 is 17.1 Å². The lowest BCUT2D eigenvalue weighted by Crippen LogP contribution is -2.57. The minimum Gasteiger partial charge on any atom is -0.367 e. The molecule has 0 amide bonds. The zero-order valence-electron chi connectivity index (χ0n) is 10.6. The van der Waals surface area contributed by atoms with E-state index in [1.54, 1.807) is 0 Å². The van der Waals surface area contributed by atoms with Crippen molar-refractivity contribution >= 4 is 0 Å². The first-order valence-corrected chi connectivity index (χ1v) is 5.68. The molecule has 12 nitrogen and oxygen atoms in total. The Morgan fingerprint density at radius 3 is 0.905 bits per heavy atom. The molecular formula is C9H15N3O9. The van der Waals surface area contributed by atoms with Gasteiger partial charge in [0.1, 0.15) is 0 Å². The van der Waals surface area contributed by atoms with Gasteiger partial charge in [0.25, 0.3) is 0 Å². The van der Waals surface area contributed by atoms with Crippen LogP contribution in [0.15, 0.2) is 14.4 Å². The number of hydrogen-bond acceptors (Lipinski definition) is 9. The molecule has 120 valence electrons. The second-order valence-corrected chi connectivity index (χ2v) is 4.12. The van der Waals surface area contributed by atoms with Gasteiger partial charge >= 0.3 is 17.1 Å². The second-order valence-electron chi connectivity index (χ2n) is 4.12. The summed E-state index contributed by atoms with van der Waals surface area (Å²) in [7, 11) is 0. The molecule has 0 aliphatic carbocycles. The molecule has 0 spiro atoms. The Balaban J connectivity index is 3.62. The second kappa shape index (κ2) is 6.75. The molecule has 1 aromatic heterocycles. The van der Waals surface area contributed by atoms with Crippen LogP contribution in [0.1, 0.15) is 0 Å². The van der Waals surface area contributed by atoms with Crippen LogP contribution in [0, 0.1) is 0 Å². The van der Waals surface area contributed by atoms with Crippen LogP contribution in [-0.4, -0.2) is 63.2 Å². The Hall–Kier alpha value is -1.83. The van der Waals surface area contributed by atoms with Crippen molar-refractivity contribution in [3.8, 4) is 0 Å². The SMILES string of the molecule is O=c1n(CC(O)O)c(=O)n(CC(O)O)c(=O)n1CC(O)O. The molecule has 0 radical (unpaired) electrons. The van der Waals surface area contributed by atoms with E-state index in [2.05, 4.69) is 0 Å². The van der Waals surface area contributed by atoms with Crippen molar-refractivity contribution in [3.05, 3.63) is 31.5 Å². The first-order chi connectivity index (χ1) is 9.65. The van der Waals surface area contributed by atoms with E-state index in [1.165, 1.54) is 0 Å². The molecule has 0 aliphatic rings. The van der Waals surface area contributed by atoms with Gasteiger partial charge in [0.05, 0.1) is 19.6 Å². The summed E-state index contributed by atoms with van der Waals surface area (Å²) in [6, 6.07) is 0. The van der Waals surface area contributed by atoms with E-state index in [0.717, 1.165) is 0 Å². The average molecular weight is 309 g/mol. The molecule has 12 heteroatoms. The van der Waals surface area contributed by atoms with Crippen molar-refractivity contribution in [2.75, 3.05) is 0 Å². The van der Waals surface area contributed by atoms with E-state index in [0.29, 0.717) is 0 Å². The third-order valence-corrected chi connectivity index (χ3v) is 2.42. The molecular weight excluding hydrogens is 294 g/mol. The third-order valence-electron chi connectivity index (χ3n) is 2.42. The van der Waals surface area contributed by atoms with Gasteiger partial charge in [-0.1, -0.05) is 0 Å². The van der Waals surface area contributed by atoms with Crippen LogP contribution in [0.2, 0.25) is 0 Å². The highest BCUT2D eigenvalue weighted by Crippen LogP contribution is 1.85. The summed E-state index contributed by atoms with van der Waals surface area (Å²) in [6.07, 6.45) is -6.27.